The molecule has 2 heteroatoms. The van der Waals surface area contributed by atoms with Gasteiger partial charge in [-0.25, -0.2) is 9.13 Å². The van der Waals surface area contributed by atoms with Crippen LogP contribution in [-0.2, 0) is 6.54 Å². The Bertz CT molecular complexity index is 612. The Morgan fingerprint density at radius 3 is 2.22 bits per heavy atom. The van der Waals surface area contributed by atoms with Crippen LogP contribution in [0.4, 0.5) is 0 Å². The quantitative estimate of drug-likeness (QED) is 0.617. The molecule has 0 saturated heterocycles. The molecule has 1 heterocycles. The van der Waals surface area contributed by atoms with Crippen LogP contribution in [0.1, 0.15) is 5.56 Å². The number of hydrogen-bond acceptors (Lipinski definition) is 0. The van der Waals surface area contributed by atoms with Crippen LogP contribution in [0.2, 0.25) is 0 Å². The van der Waals surface area contributed by atoms with Crippen LogP contribution in [0, 0.1) is 0 Å². The lowest BCUT2D eigenvalue weighted by atomic mass is 10.2. The zero-order valence-corrected chi connectivity index (χ0v) is 10.1. The SMILES string of the molecule is c1ccc(C[n+]2ccn(-c3ccccc3)c2)cc1. The minimum atomic E-state index is 0.903. The van der Waals surface area contributed by atoms with Crippen molar-refractivity contribution in [3.63, 3.8) is 0 Å². The lowest BCUT2D eigenvalue weighted by Crippen LogP contribution is -2.31. The summed E-state index contributed by atoms with van der Waals surface area (Å²) in [6.07, 6.45) is 6.29. The van der Waals surface area contributed by atoms with E-state index in [2.05, 4.69) is 76.4 Å². The molecular formula is C16H15N2+. The zero-order chi connectivity index (χ0) is 12.2. The normalized spacial score (nSPS) is 10.4. The summed E-state index contributed by atoms with van der Waals surface area (Å²) in [6.45, 7) is 0.903. The molecule has 18 heavy (non-hydrogen) atoms. The van der Waals surface area contributed by atoms with Gasteiger partial charge in [-0.3, -0.25) is 0 Å². The summed E-state index contributed by atoms with van der Waals surface area (Å²) in [7, 11) is 0. The number of para-hydroxylation sites is 1. The van der Waals surface area contributed by atoms with Crippen molar-refractivity contribution in [3.05, 3.63) is 84.9 Å². The Hall–Kier alpha value is -2.35. The van der Waals surface area contributed by atoms with Gasteiger partial charge in [-0.15, -0.1) is 0 Å². The standard InChI is InChI=1S/C16H15N2/c1-3-7-15(8-4-1)13-17-11-12-18(14-17)16-9-5-2-6-10-16/h1-12,14H,13H2/q+1. The van der Waals surface area contributed by atoms with Gasteiger partial charge in [0.05, 0.1) is 0 Å². The highest BCUT2D eigenvalue weighted by Crippen LogP contribution is 2.05. The monoisotopic (exact) mass is 235 g/mol. The fourth-order valence-corrected chi connectivity index (χ4v) is 2.03. The summed E-state index contributed by atoms with van der Waals surface area (Å²) in [5.41, 5.74) is 2.50. The number of hydrogen-bond donors (Lipinski definition) is 0. The number of imidazole rings is 1. The van der Waals surface area contributed by atoms with E-state index in [1.165, 1.54) is 11.3 Å². The average molecular weight is 235 g/mol. The Morgan fingerprint density at radius 2 is 1.50 bits per heavy atom. The first-order valence-electron chi connectivity index (χ1n) is 6.08. The molecule has 0 spiro atoms. The second-order valence-electron chi connectivity index (χ2n) is 4.31. The Balaban J connectivity index is 1.82. The topological polar surface area (TPSA) is 8.81 Å². The van der Waals surface area contributed by atoms with E-state index >= 15 is 0 Å². The van der Waals surface area contributed by atoms with Crippen LogP contribution in [0.15, 0.2) is 79.4 Å². The van der Waals surface area contributed by atoms with Gasteiger partial charge in [-0.1, -0.05) is 48.5 Å². The molecular weight excluding hydrogens is 220 g/mol. The second kappa shape index (κ2) is 4.88. The first kappa shape index (κ1) is 10.8. The maximum atomic E-state index is 2.18. The Morgan fingerprint density at radius 1 is 0.833 bits per heavy atom. The van der Waals surface area contributed by atoms with Crippen LogP contribution < -0.4 is 4.57 Å². The summed E-state index contributed by atoms with van der Waals surface area (Å²) in [4.78, 5) is 0. The van der Waals surface area contributed by atoms with Crippen molar-refractivity contribution < 1.29 is 4.57 Å². The molecule has 3 aromatic rings. The predicted octanol–water partition coefficient (Wildman–Crippen LogP) is 2.81. The molecule has 0 aliphatic rings. The minimum absolute atomic E-state index is 0.903. The van der Waals surface area contributed by atoms with Crippen LogP contribution in [0.25, 0.3) is 5.69 Å². The number of benzene rings is 2. The van der Waals surface area contributed by atoms with Gasteiger partial charge in [-0.05, 0) is 17.7 Å². The van der Waals surface area contributed by atoms with E-state index in [-0.39, 0.29) is 0 Å². The lowest BCUT2D eigenvalue weighted by molar-refractivity contribution is -0.687. The van der Waals surface area contributed by atoms with Crippen molar-refractivity contribution >= 4 is 0 Å². The van der Waals surface area contributed by atoms with Crippen LogP contribution in [0.3, 0.4) is 0 Å². The third-order valence-corrected chi connectivity index (χ3v) is 2.95. The molecule has 0 aliphatic heterocycles. The molecule has 0 aliphatic carbocycles. The Kier molecular flexibility index (Phi) is 2.92. The maximum absolute atomic E-state index is 2.18. The third kappa shape index (κ3) is 2.33. The predicted molar refractivity (Wildman–Crippen MR) is 71.5 cm³/mol. The van der Waals surface area contributed by atoms with E-state index in [4.69, 9.17) is 0 Å². The van der Waals surface area contributed by atoms with Gasteiger partial charge in [0.15, 0.2) is 0 Å². The summed E-state index contributed by atoms with van der Waals surface area (Å²) >= 11 is 0. The molecule has 0 unspecified atom stereocenters. The van der Waals surface area contributed by atoms with E-state index in [1.54, 1.807) is 0 Å². The van der Waals surface area contributed by atoms with Crippen molar-refractivity contribution in [3.8, 4) is 5.69 Å². The van der Waals surface area contributed by atoms with E-state index in [1.807, 2.05) is 12.1 Å². The average Bonchev–Trinajstić information content (AvgIpc) is 2.89. The molecule has 2 aromatic carbocycles. The van der Waals surface area contributed by atoms with E-state index in [0.717, 1.165) is 6.54 Å². The van der Waals surface area contributed by atoms with Gasteiger partial charge in [-0.2, -0.15) is 0 Å². The molecule has 0 fully saturated rings. The van der Waals surface area contributed by atoms with Crippen molar-refractivity contribution in [2.24, 2.45) is 0 Å². The van der Waals surface area contributed by atoms with Crippen LogP contribution >= 0.6 is 0 Å². The lowest BCUT2D eigenvalue weighted by Gasteiger charge is -1.96. The van der Waals surface area contributed by atoms with E-state index in [0.29, 0.717) is 0 Å². The van der Waals surface area contributed by atoms with Gasteiger partial charge in [0.25, 0.3) is 0 Å². The number of nitrogens with zero attached hydrogens (tertiary/aromatic N) is 2. The summed E-state index contributed by atoms with van der Waals surface area (Å²) < 4.78 is 4.31. The molecule has 88 valence electrons. The van der Waals surface area contributed by atoms with Gasteiger partial charge < -0.3 is 0 Å². The number of aromatic nitrogens is 2. The maximum Gasteiger partial charge on any atom is 0.249 e. The molecule has 0 N–H and O–H groups in total. The highest BCUT2D eigenvalue weighted by atomic mass is 15.1. The van der Waals surface area contributed by atoms with Gasteiger partial charge >= 0.3 is 0 Å². The molecule has 0 bridgehead atoms. The summed E-state index contributed by atoms with van der Waals surface area (Å²) in [5, 5.41) is 0. The van der Waals surface area contributed by atoms with Crippen LogP contribution in [0.5, 0.6) is 0 Å². The molecule has 3 rings (SSSR count). The van der Waals surface area contributed by atoms with Crippen molar-refractivity contribution in [1.82, 2.24) is 4.57 Å². The first-order valence-corrected chi connectivity index (χ1v) is 6.08. The third-order valence-electron chi connectivity index (χ3n) is 2.95. The molecule has 2 nitrogen and oxygen atoms in total. The Labute approximate surface area is 107 Å². The van der Waals surface area contributed by atoms with Crippen LogP contribution in [-0.4, -0.2) is 4.57 Å². The molecule has 0 saturated carbocycles. The zero-order valence-electron chi connectivity index (χ0n) is 10.1. The summed E-state index contributed by atoms with van der Waals surface area (Å²) in [6, 6.07) is 20.8. The summed E-state index contributed by atoms with van der Waals surface area (Å²) in [5.74, 6) is 0. The minimum Gasteiger partial charge on any atom is -0.232 e. The molecule has 0 atom stereocenters. The highest BCUT2D eigenvalue weighted by Gasteiger charge is 2.05. The van der Waals surface area contributed by atoms with Gasteiger partial charge in [0.2, 0.25) is 6.33 Å². The number of rotatable bonds is 3. The molecule has 0 amide bonds. The largest absolute Gasteiger partial charge is 0.249 e. The van der Waals surface area contributed by atoms with Crippen molar-refractivity contribution in [1.29, 1.82) is 0 Å². The molecule has 1 aromatic heterocycles. The van der Waals surface area contributed by atoms with Gasteiger partial charge in [0.1, 0.15) is 24.6 Å². The smallest absolute Gasteiger partial charge is 0.232 e. The van der Waals surface area contributed by atoms with Crippen molar-refractivity contribution in [2.45, 2.75) is 6.54 Å². The molecule has 0 radical (unpaired) electrons. The first-order chi connectivity index (χ1) is 8.92. The van der Waals surface area contributed by atoms with Gasteiger partial charge in [0, 0.05) is 0 Å². The highest BCUT2D eigenvalue weighted by molar-refractivity contribution is 5.30. The van der Waals surface area contributed by atoms with E-state index in [9.17, 15) is 0 Å². The van der Waals surface area contributed by atoms with Crippen molar-refractivity contribution in [2.75, 3.05) is 0 Å². The van der Waals surface area contributed by atoms with E-state index < -0.39 is 0 Å². The second-order valence-corrected chi connectivity index (χ2v) is 4.31. The fraction of sp³-hybridized carbons (Fsp3) is 0.0625. The fourth-order valence-electron chi connectivity index (χ4n) is 2.03.